The number of carbonyl (C=O) groups is 1. The highest BCUT2D eigenvalue weighted by Gasteiger charge is 2.04. The SMILES string of the molecule is Cn1cc(/C=C/C(=O)NCc2ccccn2)c(=O)n(C)c1=O. The van der Waals surface area contributed by atoms with Gasteiger partial charge in [0.2, 0.25) is 5.91 Å². The molecule has 0 radical (unpaired) electrons. The predicted octanol–water partition coefficient (Wildman–Crippen LogP) is -0.191. The zero-order chi connectivity index (χ0) is 16.1. The third-order valence-corrected chi connectivity index (χ3v) is 3.06. The lowest BCUT2D eigenvalue weighted by atomic mass is 10.3. The molecule has 1 amide bonds. The molecule has 22 heavy (non-hydrogen) atoms. The zero-order valence-electron chi connectivity index (χ0n) is 12.3. The van der Waals surface area contributed by atoms with Crippen molar-refractivity contribution in [2.24, 2.45) is 14.1 Å². The minimum atomic E-state index is -0.447. The van der Waals surface area contributed by atoms with E-state index in [0.29, 0.717) is 6.54 Å². The van der Waals surface area contributed by atoms with E-state index in [9.17, 15) is 14.4 Å². The molecular weight excluding hydrogens is 284 g/mol. The minimum Gasteiger partial charge on any atom is -0.347 e. The molecule has 2 aromatic rings. The van der Waals surface area contributed by atoms with Crippen LogP contribution in [0.4, 0.5) is 0 Å². The first-order valence-electron chi connectivity index (χ1n) is 6.61. The van der Waals surface area contributed by atoms with Crippen molar-refractivity contribution >= 4 is 12.0 Å². The Morgan fingerprint density at radius 2 is 2.09 bits per heavy atom. The molecule has 2 heterocycles. The van der Waals surface area contributed by atoms with Crippen LogP contribution in [0, 0.1) is 0 Å². The molecule has 0 aliphatic carbocycles. The Labute approximate surface area is 126 Å². The molecule has 0 saturated carbocycles. The fourth-order valence-electron chi connectivity index (χ4n) is 1.86. The van der Waals surface area contributed by atoms with Gasteiger partial charge in [-0.05, 0) is 18.2 Å². The lowest BCUT2D eigenvalue weighted by Gasteiger charge is -2.03. The minimum absolute atomic E-state index is 0.262. The van der Waals surface area contributed by atoms with Gasteiger partial charge >= 0.3 is 5.69 Å². The monoisotopic (exact) mass is 300 g/mol. The Morgan fingerprint density at radius 1 is 1.32 bits per heavy atom. The molecule has 114 valence electrons. The van der Waals surface area contributed by atoms with E-state index < -0.39 is 11.2 Å². The summed E-state index contributed by atoms with van der Waals surface area (Å²) in [6.07, 6.45) is 5.68. The third kappa shape index (κ3) is 3.57. The number of rotatable bonds is 4. The Kier molecular flexibility index (Phi) is 4.67. The van der Waals surface area contributed by atoms with Crippen LogP contribution in [0.25, 0.3) is 6.08 Å². The van der Waals surface area contributed by atoms with Crippen molar-refractivity contribution in [1.29, 1.82) is 0 Å². The Bertz CT molecular complexity index is 819. The fourth-order valence-corrected chi connectivity index (χ4v) is 1.86. The van der Waals surface area contributed by atoms with E-state index in [1.165, 1.54) is 30.0 Å². The number of hydrogen-bond donors (Lipinski definition) is 1. The number of nitrogens with one attached hydrogen (secondary N) is 1. The molecule has 7 nitrogen and oxygen atoms in total. The third-order valence-electron chi connectivity index (χ3n) is 3.06. The van der Waals surface area contributed by atoms with Crippen molar-refractivity contribution in [2.45, 2.75) is 6.54 Å². The van der Waals surface area contributed by atoms with Crippen LogP contribution in [0.1, 0.15) is 11.3 Å². The summed E-state index contributed by atoms with van der Waals surface area (Å²) in [6.45, 7) is 0.301. The van der Waals surface area contributed by atoms with Crippen LogP contribution >= 0.6 is 0 Å². The standard InChI is InChI=1S/C15H16N4O3/c1-18-10-11(14(21)19(2)15(18)22)6-7-13(20)17-9-12-5-3-4-8-16-12/h3-8,10H,9H2,1-2H3,(H,17,20)/b7-6+. The summed E-state index contributed by atoms with van der Waals surface area (Å²) < 4.78 is 2.28. The van der Waals surface area contributed by atoms with Gasteiger partial charge in [-0.3, -0.25) is 19.1 Å². The number of hydrogen-bond acceptors (Lipinski definition) is 4. The second-order valence-corrected chi connectivity index (χ2v) is 4.71. The van der Waals surface area contributed by atoms with Gasteiger partial charge in [-0.25, -0.2) is 4.79 Å². The molecule has 0 fully saturated rings. The fraction of sp³-hybridized carbons (Fsp3) is 0.200. The second-order valence-electron chi connectivity index (χ2n) is 4.71. The summed E-state index contributed by atoms with van der Waals surface area (Å²) in [7, 11) is 2.93. The summed E-state index contributed by atoms with van der Waals surface area (Å²) in [6, 6.07) is 5.42. The molecule has 2 aromatic heterocycles. The quantitative estimate of drug-likeness (QED) is 0.793. The molecule has 2 rings (SSSR count). The number of carbonyl (C=O) groups excluding carboxylic acids is 1. The summed E-state index contributed by atoms with van der Waals surface area (Å²) >= 11 is 0. The van der Waals surface area contributed by atoms with Crippen LogP contribution in [0.15, 0.2) is 46.3 Å². The number of aromatic nitrogens is 3. The lowest BCUT2D eigenvalue weighted by Crippen LogP contribution is -2.37. The Morgan fingerprint density at radius 3 is 2.77 bits per heavy atom. The second kappa shape index (κ2) is 6.66. The van der Waals surface area contributed by atoms with Gasteiger partial charge in [-0.2, -0.15) is 0 Å². The van der Waals surface area contributed by atoms with Crippen LogP contribution in [0.3, 0.4) is 0 Å². The van der Waals surface area contributed by atoms with Crippen LogP contribution in [-0.4, -0.2) is 20.0 Å². The van der Waals surface area contributed by atoms with Gasteiger partial charge in [-0.15, -0.1) is 0 Å². The van der Waals surface area contributed by atoms with Gasteiger partial charge in [0.15, 0.2) is 0 Å². The first-order chi connectivity index (χ1) is 10.5. The predicted molar refractivity (Wildman–Crippen MR) is 82.0 cm³/mol. The van der Waals surface area contributed by atoms with E-state index in [2.05, 4.69) is 10.3 Å². The molecule has 0 aliphatic rings. The number of nitrogens with zero attached hydrogens (tertiary/aromatic N) is 3. The average molecular weight is 300 g/mol. The number of pyridine rings is 1. The van der Waals surface area contributed by atoms with E-state index in [1.54, 1.807) is 25.4 Å². The summed E-state index contributed by atoms with van der Waals surface area (Å²) in [4.78, 5) is 39.3. The van der Waals surface area contributed by atoms with E-state index in [0.717, 1.165) is 10.3 Å². The van der Waals surface area contributed by atoms with Gasteiger partial charge in [-0.1, -0.05) is 6.07 Å². The first kappa shape index (κ1) is 15.4. The average Bonchev–Trinajstić information content (AvgIpc) is 2.54. The van der Waals surface area contributed by atoms with Crippen LogP contribution in [0.5, 0.6) is 0 Å². The topological polar surface area (TPSA) is 86.0 Å². The largest absolute Gasteiger partial charge is 0.347 e. The van der Waals surface area contributed by atoms with Crippen molar-refractivity contribution in [3.8, 4) is 0 Å². The van der Waals surface area contributed by atoms with Gasteiger partial charge in [0.25, 0.3) is 5.56 Å². The molecule has 0 aromatic carbocycles. The van der Waals surface area contributed by atoms with Crippen LogP contribution in [0.2, 0.25) is 0 Å². The first-order valence-corrected chi connectivity index (χ1v) is 6.61. The van der Waals surface area contributed by atoms with Crippen LogP contribution in [-0.2, 0) is 25.4 Å². The molecule has 0 atom stereocenters. The molecule has 0 saturated heterocycles. The molecule has 7 heteroatoms. The van der Waals surface area contributed by atoms with Gasteiger partial charge in [0.1, 0.15) is 0 Å². The van der Waals surface area contributed by atoms with E-state index in [4.69, 9.17) is 0 Å². The Balaban J connectivity index is 2.07. The maximum Gasteiger partial charge on any atom is 0.330 e. The van der Waals surface area contributed by atoms with E-state index in [-0.39, 0.29) is 11.5 Å². The van der Waals surface area contributed by atoms with Gasteiger partial charge < -0.3 is 9.88 Å². The summed E-state index contributed by atoms with van der Waals surface area (Å²) in [5, 5.41) is 2.66. The smallest absolute Gasteiger partial charge is 0.330 e. The highest BCUT2D eigenvalue weighted by molar-refractivity contribution is 5.91. The molecule has 0 spiro atoms. The maximum absolute atomic E-state index is 11.9. The van der Waals surface area contributed by atoms with Crippen molar-refractivity contribution in [3.05, 3.63) is 68.8 Å². The summed E-state index contributed by atoms with van der Waals surface area (Å²) in [5.74, 6) is -0.346. The van der Waals surface area contributed by atoms with Gasteiger partial charge in [0, 0.05) is 32.6 Å². The van der Waals surface area contributed by atoms with E-state index in [1.807, 2.05) is 6.07 Å². The highest BCUT2D eigenvalue weighted by atomic mass is 16.2. The molecular formula is C15H16N4O3. The Hall–Kier alpha value is -2.96. The van der Waals surface area contributed by atoms with Crippen molar-refractivity contribution in [1.82, 2.24) is 19.4 Å². The highest BCUT2D eigenvalue weighted by Crippen LogP contribution is 1.94. The van der Waals surface area contributed by atoms with Crippen molar-refractivity contribution in [2.75, 3.05) is 0 Å². The van der Waals surface area contributed by atoms with E-state index >= 15 is 0 Å². The van der Waals surface area contributed by atoms with Gasteiger partial charge in [0.05, 0.1) is 17.8 Å². The maximum atomic E-state index is 11.9. The number of amides is 1. The molecule has 0 unspecified atom stereocenters. The van der Waals surface area contributed by atoms with Crippen LogP contribution < -0.4 is 16.6 Å². The molecule has 0 aliphatic heterocycles. The number of aryl methyl sites for hydroxylation is 1. The normalized spacial score (nSPS) is 10.8. The van der Waals surface area contributed by atoms with Crippen molar-refractivity contribution in [3.63, 3.8) is 0 Å². The summed E-state index contributed by atoms with van der Waals surface area (Å²) in [5.41, 5.74) is 0.137. The molecule has 0 bridgehead atoms. The zero-order valence-corrected chi connectivity index (χ0v) is 12.3. The molecule has 1 N–H and O–H groups in total. The van der Waals surface area contributed by atoms with Crippen molar-refractivity contribution < 1.29 is 4.79 Å². The lowest BCUT2D eigenvalue weighted by molar-refractivity contribution is -0.116.